The van der Waals surface area contributed by atoms with Crippen molar-refractivity contribution in [3.05, 3.63) is 66.7 Å². The largest absolute Gasteiger partial charge is 0.488 e. The molecule has 0 aliphatic rings. The summed E-state index contributed by atoms with van der Waals surface area (Å²) in [7, 11) is -1.61. The van der Waals surface area contributed by atoms with Crippen LogP contribution in [0.15, 0.2) is 66.7 Å². The van der Waals surface area contributed by atoms with E-state index in [9.17, 15) is 14.8 Å². The molecule has 2 N–H and O–H groups in total. The number of Topliss-reactive ketones (excluding diaryl/α,β-unsaturated/α-hetero) is 1. The van der Waals surface area contributed by atoms with E-state index in [0.717, 1.165) is 27.5 Å². The molecule has 4 aromatic rings. The van der Waals surface area contributed by atoms with Crippen LogP contribution in [0.1, 0.15) is 13.3 Å². The molecule has 4 rings (SSSR count). The molecule has 0 aliphatic heterocycles. The molecule has 0 spiro atoms. The summed E-state index contributed by atoms with van der Waals surface area (Å²) in [6, 6.07) is 21.2. The molecule has 5 nitrogen and oxygen atoms in total. The highest BCUT2D eigenvalue weighted by atomic mass is 16.5. The number of ether oxygens (including phenoxy) is 1. The summed E-state index contributed by atoms with van der Waals surface area (Å²) in [5.74, 6) is 0.405. The molecule has 0 amide bonds. The fourth-order valence-electron chi connectivity index (χ4n) is 3.43. The number of hydrogen-bond donors (Lipinski definition) is 2. The number of fused-ring (bicyclic) bond motifs is 3. The van der Waals surface area contributed by atoms with Gasteiger partial charge in [-0.2, -0.15) is 0 Å². The first-order valence-corrected chi connectivity index (χ1v) is 9.23. The first-order valence-electron chi connectivity index (χ1n) is 9.23. The van der Waals surface area contributed by atoms with Crippen molar-refractivity contribution in [3.8, 4) is 11.4 Å². The molecular formula is C22H20BNO4. The van der Waals surface area contributed by atoms with Gasteiger partial charge in [0.2, 0.25) is 0 Å². The minimum Gasteiger partial charge on any atom is -0.484 e. The van der Waals surface area contributed by atoms with E-state index < -0.39 is 7.12 Å². The number of ketones is 1. The molecule has 3 aromatic carbocycles. The Morgan fingerprint density at radius 1 is 0.964 bits per heavy atom. The maximum atomic E-state index is 11.8. The first-order chi connectivity index (χ1) is 13.6. The lowest BCUT2D eigenvalue weighted by molar-refractivity contribution is -0.120. The number of nitrogens with zero attached hydrogens (tertiary/aromatic N) is 1. The Morgan fingerprint density at radius 3 is 2.14 bits per heavy atom. The summed E-state index contributed by atoms with van der Waals surface area (Å²) in [5.41, 5.74) is 3.06. The summed E-state index contributed by atoms with van der Waals surface area (Å²) in [5, 5.41) is 21.3. The highest BCUT2D eigenvalue weighted by molar-refractivity contribution is 6.58. The van der Waals surface area contributed by atoms with Crippen LogP contribution in [0, 0.1) is 0 Å². The van der Waals surface area contributed by atoms with E-state index in [0.29, 0.717) is 17.6 Å². The van der Waals surface area contributed by atoms with E-state index in [1.54, 1.807) is 25.1 Å². The van der Waals surface area contributed by atoms with Crippen molar-refractivity contribution < 1.29 is 19.6 Å². The van der Waals surface area contributed by atoms with Crippen LogP contribution in [-0.4, -0.2) is 34.1 Å². The predicted molar refractivity (Wildman–Crippen MR) is 111 cm³/mol. The van der Waals surface area contributed by atoms with Gasteiger partial charge in [-0.05, 0) is 29.7 Å². The minimum absolute atomic E-state index is 0.0249. The molecule has 0 radical (unpaired) electrons. The van der Waals surface area contributed by atoms with E-state index >= 15 is 0 Å². The van der Waals surface area contributed by atoms with Crippen LogP contribution in [0.4, 0.5) is 0 Å². The Labute approximate surface area is 162 Å². The number of hydrogen-bond acceptors (Lipinski definition) is 4. The standard InChI is InChI=1S/C22H20BNO4/c1-2-16(25)14-28-22-13-15(23(26)27)11-12-21(22)24-19-9-5-3-7-17(19)18-8-4-6-10-20(18)24/h3-13,26-27H,2,14H2,1H3. The SMILES string of the molecule is CCC(=O)COc1cc(B(O)O)ccc1-n1c2ccccc2c2ccccc21. The number of benzene rings is 3. The molecule has 0 unspecified atom stereocenters. The average Bonchev–Trinajstić information content (AvgIpc) is 3.06. The zero-order valence-electron chi connectivity index (χ0n) is 15.5. The second kappa shape index (κ2) is 7.50. The van der Waals surface area contributed by atoms with E-state index in [2.05, 4.69) is 16.7 Å². The van der Waals surface area contributed by atoms with Crippen LogP contribution in [-0.2, 0) is 4.79 Å². The van der Waals surface area contributed by atoms with E-state index in [1.165, 1.54) is 0 Å². The third-order valence-electron chi connectivity index (χ3n) is 4.89. The van der Waals surface area contributed by atoms with Gasteiger partial charge >= 0.3 is 7.12 Å². The van der Waals surface area contributed by atoms with Crippen LogP contribution < -0.4 is 10.2 Å². The smallest absolute Gasteiger partial charge is 0.484 e. The summed E-state index contributed by atoms with van der Waals surface area (Å²) < 4.78 is 7.88. The van der Waals surface area contributed by atoms with Gasteiger partial charge in [0.05, 0.1) is 16.7 Å². The molecule has 6 heteroatoms. The fraction of sp³-hybridized carbons (Fsp3) is 0.136. The van der Waals surface area contributed by atoms with E-state index in [-0.39, 0.29) is 12.4 Å². The van der Waals surface area contributed by atoms with Crippen molar-refractivity contribution in [2.45, 2.75) is 13.3 Å². The van der Waals surface area contributed by atoms with Crippen molar-refractivity contribution in [1.29, 1.82) is 0 Å². The summed E-state index contributed by atoms with van der Waals surface area (Å²) in [6.07, 6.45) is 0.382. The van der Waals surface area contributed by atoms with Gasteiger partial charge in [-0.3, -0.25) is 4.79 Å². The maximum absolute atomic E-state index is 11.8. The molecule has 1 heterocycles. The zero-order chi connectivity index (χ0) is 19.7. The summed E-state index contributed by atoms with van der Waals surface area (Å²) in [4.78, 5) is 11.8. The third kappa shape index (κ3) is 3.17. The molecule has 0 fully saturated rings. The van der Waals surface area contributed by atoms with Crippen molar-refractivity contribution in [1.82, 2.24) is 4.57 Å². The van der Waals surface area contributed by atoms with Gasteiger partial charge in [0.15, 0.2) is 5.78 Å². The first kappa shape index (κ1) is 18.3. The van der Waals surface area contributed by atoms with Crippen LogP contribution in [0.5, 0.6) is 5.75 Å². The number of rotatable bonds is 6. The third-order valence-corrected chi connectivity index (χ3v) is 4.89. The molecule has 0 bridgehead atoms. The van der Waals surface area contributed by atoms with E-state index in [1.807, 2.05) is 36.4 Å². The fourth-order valence-corrected chi connectivity index (χ4v) is 3.43. The van der Waals surface area contributed by atoms with Gasteiger partial charge in [0.1, 0.15) is 12.4 Å². The molecule has 1 aromatic heterocycles. The van der Waals surface area contributed by atoms with Crippen molar-refractivity contribution >= 4 is 40.2 Å². The average molecular weight is 373 g/mol. The molecule has 0 atom stereocenters. The van der Waals surface area contributed by atoms with Crippen molar-refractivity contribution in [2.24, 2.45) is 0 Å². The molecule has 140 valence electrons. The highest BCUT2D eigenvalue weighted by Gasteiger charge is 2.19. The van der Waals surface area contributed by atoms with Crippen LogP contribution in [0.25, 0.3) is 27.5 Å². The summed E-state index contributed by atoms with van der Waals surface area (Å²) >= 11 is 0. The predicted octanol–water partition coefficient (Wildman–Crippen LogP) is 2.82. The van der Waals surface area contributed by atoms with Crippen LogP contribution >= 0.6 is 0 Å². The number of carbonyl (C=O) groups is 1. The Hall–Kier alpha value is -3.09. The summed E-state index contributed by atoms with van der Waals surface area (Å²) in [6.45, 7) is 1.72. The van der Waals surface area contributed by atoms with Crippen molar-refractivity contribution in [2.75, 3.05) is 6.61 Å². The highest BCUT2D eigenvalue weighted by Crippen LogP contribution is 2.34. The molecule has 0 aliphatic carbocycles. The number of carbonyl (C=O) groups excluding carboxylic acids is 1. The van der Waals surface area contributed by atoms with Crippen LogP contribution in [0.3, 0.4) is 0 Å². The monoisotopic (exact) mass is 373 g/mol. The second-order valence-corrected chi connectivity index (χ2v) is 6.65. The van der Waals surface area contributed by atoms with Gasteiger partial charge in [-0.25, -0.2) is 0 Å². The number of aromatic nitrogens is 1. The van der Waals surface area contributed by atoms with Gasteiger partial charge in [0, 0.05) is 17.2 Å². The van der Waals surface area contributed by atoms with Crippen molar-refractivity contribution in [3.63, 3.8) is 0 Å². The van der Waals surface area contributed by atoms with Gasteiger partial charge in [-0.15, -0.1) is 0 Å². The lowest BCUT2D eigenvalue weighted by Gasteiger charge is -2.15. The topological polar surface area (TPSA) is 71.7 Å². The quantitative estimate of drug-likeness (QED) is 0.510. The van der Waals surface area contributed by atoms with Gasteiger partial charge in [0.25, 0.3) is 0 Å². The zero-order valence-corrected chi connectivity index (χ0v) is 15.5. The lowest BCUT2D eigenvalue weighted by atomic mass is 9.80. The minimum atomic E-state index is -1.61. The molecular weight excluding hydrogens is 353 g/mol. The Kier molecular flexibility index (Phi) is 4.90. The maximum Gasteiger partial charge on any atom is 0.488 e. The van der Waals surface area contributed by atoms with Crippen LogP contribution in [0.2, 0.25) is 0 Å². The molecule has 0 saturated carbocycles. The normalized spacial score (nSPS) is 11.1. The van der Waals surface area contributed by atoms with Gasteiger partial charge < -0.3 is 19.4 Å². The molecule has 0 saturated heterocycles. The second-order valence-electron chi connectivity index (χ2n) is 6.65. The number of para-hydroxylation sites is 2. The van der Waals surface area contributed by atoms with Gasteiger partial charge in [-0.1, -0.05) is 49.4 Å². The Bertz CT molecular complexity index is 1110. The Morgan fingerprint density at radius 2 is 1.57 bits per heavy atom. The van der Waals surface area contributed by atoms with E-state index in [4.69, 9.17) is 4.74 Å². The Balaban J connectivity index is 1.96. The lowest BCUT2D eigenvalue weighted by Crippen LogP contribution is -2.30. The molecule has 28 heavy (non-hydrogen) atoms.